The second-order valence-corrected chi connectivity index (χ2v) is 9.93. The van der Waals surface area contributed by atoms with E-state index in [0.29, 0.717) is 63.2 Å². The predicted octanol–water partition coefficient (Wildman–Crippen LogP) is 5.79. The van der Waals surface area contributed by atoms with E-state index in [-0.39, 0.29) is 17.5 Å². The standard InChI is InChI=1S/C29H27F2N5O2/c1-16-28(35(3)34-33-16)21-14-25-22(13-24(21)31)27-26(12-19(15-32-27)17(2)37)36(25)29(18-8-10-38-11-9-18)20-6-4-5-7-23(20)30/h4-7,12-15,18,29H,8-11H2,1-3H3/t29-/m0/s1. The molecule has 9 heteroatoms. The summed E-state index contributed by atoms with van der Waals surface area (Å²) in [6.07, 6.45) is 2.99. The first kappa shape index (κ1) is 24.4. The second-order valence-electron chi connectivity index (χ2n) is 9.93. The molecule has 1 aliphatic heterocycles. The van der Waals surface area contributed by atoms with Crippen LogP contribution in [0.25, 0.3) is 33.2 Å². The van der Waals surface area contributed by atoms with Crippen LogP contribution in [0.4, 0.5) is 8.78 Å². The van der Waals surface area contributed by atoms with Crippen LogP contribution in [-0.2, 0) is 11.8 Å². The number of benzene rings is 2. The van der Waals surface area contributed by atoms with Gasteiger partial charge < -0.3 is 9.30 Å². The lowest BCUT2D eigenvalue weighted by atomic mass is 9.86. The average Bonchev–Trinajstić information content (AvgIpc) is 3.41. The molecule has 0 amide bonds. The number of fused-ring (bicyclic) bond motifs is 3. The number of ketones is 1. The Hall–Kier alpha value is -3.98. The van der Waals surface area contributed by atoms with E-state index in [2.05, 4.69) is 15.3 Å². The van der Waals surface area contributed by atoms with Gasteiger partial charge in [0.2, 0.25) is 0 Å². The summed E-state index contributed by atoms with van der Waals surface area (Å²) < 4.78 is 40.4. The van der Waals surface area contributed by atoms with Gasteiger partial charge in [-0.3, -0.25) is 9.78 Å². The number of rotatable bonds is 5. The summed E-state index contributed by atoms with van der Waals surface area (Å²) >= 11 is 0. The van der Waals surface area contributed by atoms with Crippen molar-refractivity contribution < 1.29 is 18.3 Å². The van der Waals surface area contributed by atoms with Crippen LogP contribution in [0.3, 0.4) is 0 Å². The van der Waals surface area contributed by atoms with E-state index in [1.807, 2.05) is 10.6 Å². The Morgan fingerprint density at radius 3 is 2.53 bits per heavy atom. The van der Waals surface area contributed by atoms with Gasteiger partial charge in [-0.25, -0.2) is 13.5 Å². The SMILES string of the molecule is CC(=O)c1cnc2c3cc(F)c(-c4c(C)nnn4C)cc3n([C@H](c3ccccc3F)C3CCOCC3)c2c1. The van der Waals surface area contributed by atoms with E-state index in [1.54, 1.807) is 42.9 Å². The fraction of sp³-hybridized carbons (Fsp3) is 0.310. The van der Waals surface area contributed by atoms with E-state index in [0.717, 1.165) is 12.8 Å². The van der Waals surface area contributed by atoms with Gasteiger partial charge in [0.25, 0.3) is 0 Å². The Balaban J connectivity index is 1.74. The molecule has 38 heavy (non-hydrogen) atoms. The van der Waals surface area contributed by atoms with Crippen molar-refractivity contribution >= 4 is 27.7 Å². The highest BCUT2D eigenvalue weighted by atomic mass is 19.1. The minimum atomic E-state index is -0.434. The molecule has 0 aliphatic carbocycles. The molecule has 2 aromatic carbocycles. The molecule has 7 nitrogen and oxygen atoms in total. The van der Waals surface area contributed by atoms with Crippen LogP contribution in [0.15, 0.2) is 48.7 Å². The maximum atomic E-state index is 15.7. The monoisotopic (exact) mass is 515 g/mol. The zero-order valence-electron chi connectivity index (χ0n) is 21.4. The molecule has 194 valence electrons. The molecule has 1 fully saturated rings. The summed E-state index contributed by atoms with van der Waals surface area (Å²) in [5.74, 6) is -0.832. The average molecular weight is 516 g/mol. The van der Waals surface area contributed by atoms with E-state index in [4.69, 9.17) is 4.74 Å². The molecular formula is C29H27F2N5O2. The van der Waals surface area contributed by atoms with Crippen molar-refractivity contribution in [3.63, 3.8) is 0 Å². The van der Waals surface area contributed by atoms with Crippen LogP contribution in [0.1, 0.15) is 47.4 Å². The van der Waals surface area contributed by atoms with Crippen LogP contribution >= 0.6 is 0 Å². The molecule has 4 heterocycles. The third-order valence-corrected chi connectivity index (χ3v) is 7.60. The lowest BCUT2D eigenvalue weighted by molar-refractivity contribution is 0.0548. The first-order valence-electron chi connectivity index (χ1n) is 12.7. The van der Waals surface area contributed by atoms with Gasteiger partial charge in [-0.15, -0.1) is 5.10 Å². The fourth-order valence-corrected chi connectivity index (χ4v) is 5.78. The first-order valence-corrected chi connectivity index (χ1v) is 12.7. The van der Waals surface area contributed by atoms with E-state index in [9.17, 15) is 4.79 Å². The topological polar surface area (TPSA) is 74.8 Å². The molecule has 0 saturated carbocycles. The number of pyridine rings is 1. The largest absolute Gasteiger partial charge is 0.381 e. The predicted molar refractivity (Wildman–Crippen MR) is 140 cm³/mol. The number of halogens is 2. The number of hydrogen-bond acceptors (Lipinski definition) is 5. The number of carbonyl (C=O) groups is 1. The van der Waals surface area contributed by atoms with Gasteiger partial charge in [0.1, 0.15) is 11.6 Å². The van der Waals surface area contributed by atoms with Gasteiger partial charge in [-0.05, 0) is 56.9 Å². The zero-order chi connectivity index (χ0) is 26.6. The Morgan fingerprint density at radius 2 is 1.84 bits per heavy atom. The molecule has 3 aromatic heterocycles. The third-order valence-electron chi connectivity index (χ3n) is 7.60. The summed E-state index contributed by atoms with van der Waals surface area (Å²) in [6, 6.07) is 11.4. The number of Topliss-reactive ketones (excluding diaryl/α,β-unsaturated/α-hetero) is 1. The molecule has 1 saturated heterocycles. The summed E-state index contributed by atoms with van der Waals surface area (Å²) in [7, 11) is 1.72. The molecule has 1 aliphatic rings. The maximum Gasteiger partial charge on any atom is 0.161 e. The number of hydrogen-bond donors (Lipinski definition) is 0. The van der Waals surface area contributed by atoms with Crippen molar-refractivity contribution in [1.82, 2.24) is 24.5 Å². The summed E-state index contributed by atoms with van der Waals surface area (Å²) in [5, 5.41) is 8.76. The second kappa shape index (κ2) is 9.40. The van der Waals surface area contributed by atoms with E-state index in [1.165, 1.54) is 25.3 Å². The molecule has 0 radical (unpaired) electrons. The van der Waals surface area contributed by atoms with Gasteiger partial charge in [0, 0.05) is 48.5 Å². The first-order chi connectivity index (χ1) is 18.3. The normalized spacial score (nSPS) is 15.4. The Kier molecular flexibility index (Phi) is 6.03. The lowest BCUT2D eigenvalue weighted by Gasteiger charge is -2.33. The van der Waals surface area contributed by atoms with E-state index < -0.39 is 11.9 Å². The molecule has 0 unspecified atom stereocenters. The number of ether oxygens (including phenoxy) is 1. The van der Waals surface area contributed by atoms with Crippen molar-refractivity contribution in [3.05, 3.63) is 77.1 Å². The Labute approximate surface area is 218 Å². The smallest absolute Gasteiger partial charge is 0.161 e. The van der Waals surface area contributed by atoms with Crippen molar-refractivity contribution in [3.8, 4) is 11.3 Å². The van der Waals surface area contributed by atoms with Crippen molar-refractivity contribution in [2.24, 2.45) is 13.0 Å². The Morgan fingerprint density at radius 1 is 1.08 bits per heavy atom. The van der Waals surface area contributed by atoms with Gasteiger partial charge in [0.05, 0.1) is 34.0 Å². The fourth-order valence-electron chi connectivity index (χ4n) is 5.78. The molecule has 0 bridgehead atoms. The molecule has 5 aromatic rings. The Bertz CT molecular complexity index is 1680. The van der Waals surface area contributed by atoms with Crippen molar-refractivity contribution in [2.75, 3.05) is 13.2 Å². The highest BCUT2D eigenvalue weighted by Crippen LogP contribution is 2.42. The number of nitrogens with zero attached hydrogens (tertiary/aromatic N) is 5. The molecule has 0 N–H and O–H groups in total. The molecular weight excluding hydrogens is 488 g/mol. The van der Waals surface area contributed by atoms with Crippen LogP contribution < -0.4 is 0 Å². The highest BCUT2D eigenvalue weighted by molar-refractivity contribution is 6.09. The molecule has 1 atom stereocenters. The molecule has 0 spiro atoms. The minimum absolute atomic E-state index is 0.0500. The summed E-state index contributed by atoms with van der Waals surface area (Å²) in [6.45, 7) is 4.41. The van der Waals surface area contributed by atoms with E-state index >= 15 is 8.78 Å². The van der Waals surface area contributed by atoms with Gasteiger partial charge in [0.15, 0.2) is 5.78 Å². The maximum absolute atomic E-state index is 15.7. The lowest BCUT2D eigenvalue weighted by Crippen LogP contribution is -2.27. The highest BCUT2D eigenvalue weighted by Gasteiger charge is 2.32. The molecule has 6 rings (SSSR count). The van der Waals surface area contributed by atoms with Gasteiger partial charge in [-0.2, -0.15) is 0 Å². The van der Waals surface area contributed by atoms with Crippen molar-refractivity contribution in [2.45, 2.75) is 32.7 Å². The minimum Gasteiger partial charge on any atom is -0.381 e. The van der Waals surface area contributed by atoms with Gasteiger partial charge in [-0.1, -0.05) is 23.4 Å². The summed E-state index contributed by atoms with van der Waals surface area (Å²) in [4.78, 5) is 17.0. The number of carbonyl (C=O) groups excluding carboxylic acids is 1. The van der Waals surface area contributed by atoms with Crippen LogP contribution in [-0.4, -0.2) is 43.5 Å². The van der Waals surface area contributed by atoms with Crippen LogP contribution in [0.5, 0.6) is 0 Å². The van der Waals surface area contributed by atoms with Crippen LogP contribution in [0, 0.1) is 24.5 Å². The van der Waals surface area contributed by atoms with Crippen LogP contribution in [0.2, 0.25) is 0 Å². The quantitative estimate of drug-likeness (QED) is 0.277. The number of aromatic nitrogens is 5. The van der Waals surface area contributed by atoms with Crippen molar-refractivity contribution in [1.29, 1.82) is 0 Å². The zero-order valence-corrected chi connectivity index (χ0v) is 21.4. The number of aryl methyl sites for hydroxylation is 2. The van der Waals surface area contributed by atoms with Gasteiger partial charge >= 0.3 is 0 Å². The third kappa shape index (κ3) is 3.89. The summed E-state index contributed by atoms with van der Waals surface area (Å²) in [5.41, 5.74) is 4.39.